The molecule has 14 nitrogen and oxygen atoms in total. The Morgan fingerprint density at radius 1 is 0.571 bits per heavy atom. The Hall–Kier alpha value is -2.81. The van der Waals surface area contributed by atoms with E-state index in [1.807, 2.05) is 6.92 Å². The first-order valence-corrected chi connectivity index (χ1v) is 14.9. The Kier molecular flexibility index (Phi) is 26.4. The van der Waals surface area contributed by atoms with Crippen LogP contribution in [0.4, 0.5) is 0 Å². The number of unbranched alkanes of at least 4 members (excludes halogenated alkanes) is 4. The lowest BCUT2D eigenvalue weighted by Gasteiger charge is -2.14. The number of ether oxygens (including phenoxy) is 4. The Bertz CT molecular complexity index is 754. The minimum absolute atomic E-state index is 0.00176. The number of hydrogen-bond donors (Lipinski definition) is 5. The molecule has 0 aliphatic rings. The molecule has 0 radical (unpaired) electrons. The molecule has 0 heterocycles. The highest BCUT2D eigenvalue weighted by Gasteiger charge is 2.20. The molecular weight excluding hydrogens is 552 g/mol. The van der Waals surface area contributed by atoms with Crippen LogP contribution in [0.3, 0.4) is 0 Å². The summed E-state index contributed by atoms with van der Waals surface area (Å²) in [5.74, 6) is -2.27. The molecule has 1 atom stereocenters. The van der Waals surface area contributed by atoms with Crippen molar-refractivity contribution < 1.29 is 48.0 Å². The second-order valence-electron chi connectivity index (χ2n) is 9.54. The maximum absolute atomic E-state index is 12.0. The average Bonchev–Trinajstić information content (AvgIpc) is 2.96. The van der Waals surface area contributed by atoms with Crippen LogP contribution in [0.5, 0.6) is 0 Å². The van der Waals surface area contributed by atoms with Gasteiger partial charge in [-0.1, -0.05) is 39.5 Å². The lowest BCUT2D eigenvalue weighted by molar-refractivity contribution is -0.142. The summed E-state index contributed by atoms with van der Waals surface area (Å²) in [6, 6.07) is -1.10. The van der Waals surface area contributed by atoms with E-state index in [1.54, 1.807) is 0 Å². The summed E-state index contributed by atoms with van der Waals surface area (Å²) in [6.07, 6.45) is 5.93. The van der Waals surface area contributed by atoms with Crippen molar-refractivity contribution in [2.75, 3.05) is 72.5 Å². The van der Waals surface area contributed by atoms with Crippen molar-refractivity contribution in [1.82, 2.24) is 21.3 Å². The van der Waals surface area contributed by atoms with E-state index in [0.29, 0.717) is 32.7 Å². The maximum atomic E-state index is 12.0. The molecule has 0 bridgehead atoms. The zero-order valence-electron chi connectivity index (χ0n) is 25.3. The number of carboxylic acid groups (broad SMARTS) is 1. The van der Waals surface area contributed by atoms with Crippen LogP contribution in [0.1, 0.15) is 71.6 Å². The number of hydrogen-bond acceptors (Lipinski definition) is 9. The van der Waals surface area contributed by atoms with Gasteiger partial charge in [-0.05, 0) is 19.3 Å². The van der Waals surface area contributed by atoms with Gasteiger partial charge >= 0.3 is 5.97 Å². The second-order valence-corrected chi connectivity index (χ2v) is 9.54. The van der Waals surface area contributed by atoms with Crippen molar-refractivity contribution >= 4 is 29.6 Å². The third kappa shape index (κ3) is 26.1. The highest BCUT2D eigenvalue weighted by atomic mass is 16.5. The normalized spacial score (nSPS) is 11.5. The average molecular weight is 605 g/mol. The van der Waals surface area contributed by atoms with Crippen molar-refractivity contribution in [2.45, 2.75) is 77.7 Å². The van der Waals surface area contributed by atoms with Gasteiger partial charge < -0.3 is 45.3 Å². The predicted molar refractivity (Wildman–Crippen MR) is 155 cm³/mol. The van der Waals surface area contributed by atoms with E-state index in [-0.39, 0.29) is 89.1 Å². The number of aliphatic carboxylic acids is 1. The largest absolute Gasteiger partial charge is 0.480 e. The number of nitrogens with one attached hydrogen (secondary N) is 4. The fraction of sp³-hybridized carbons (Fsp3) is 0.821. The van der Waals surface area contributed by atoms with Gasteiger partial charge in [0.05, 0.1) is 39.6 Å². The number of amides is 4. The van der Waals surface area contributed by atoms with Crippen molar-refractivity contribution in [3.63, 3.8) is 0 Å². The molecule has 0 aromatic rings. The highest BCUT2D eigenvalue weighted by molar-refractivity contribution is 5.84. The summed E-state index contributed by atoms with van der Waals surface area (Å²) in [5.41, 5.74) is 0. The van der Waals surface area contributed by atoms with Gasteiger partial charge in [0.25, 0.3) is 0 Å². The Labute approximate surface area is 249 Å². The third-order valence-electron chi connectivity index (χ3n) is 5.75. The fourth-order valence-electron chi connectivity index (χ4n) is 3.42. The Balaban J connectivity index is 3.60. The molecule has 244 valence electrons. The number of carbonyl (C=O) groups excluding carboxylic acids is 4. The molecule has 0 rings (SSSR count). The van der Waals surface area contributed by atoms with Gasteiger partial charge in [-0.25, -0.2) is 4.79 Å². The van der Waals surface area contributed by atoms with Gasteiger partial charge in [0.1, 0.15) is 19.3 Å². The minimum Gasteiger partial charge on any atom is -0.480 e. The van der Waals surface area contributed by atoms with Crippen LogP contribution in [0.25, 0.3) is 0 Å². The first-order valence-electron chi connectivity index (χ1n) is 14.9. The van der Waals surface area contributed by atoms with Gasteiger partial charge in [-0.15, -0.1) is 0 Å². The van der Waals surface area contributed by atoms with Crippen LogP contribution in [0.2, 0.25) is 0 Å². The standard InChI is InChI=1S/C28H52N4O10/c1-3-5-7-9-25(34)32-23(28(37)38)10-11-24(33)30-13-15-39-17-20-42-22-27(36)31-14-16-40-18-19-41-21-26(35)29-12-8-6-4-2/h23H,3-22H2,1-2H3,(H,29,35)(H,30,33)(H,31,36)(H,32,34)(H,37,38). The second kappa shape index (κ2) is 28.3. The number of carbonyl (C=O) groups is 5. The minimum atomic E-state index is -1.17. The zero-order valence-corrected chi connectivity index (χ0v) is 25.3. The molecule has 42 heavy (non-hydrogen) atoms. The SMILES string of the molecule is CCCCCNC(=O)COCCOCCNC(=O)COCCOCCNC(=O)CCC(NC(=O)CCCCC)C(=O)O. The van der Waals surface area contributed by atoms with E-state index in [9.17, 15) is 29.1 Å². The summed E-state index contributed by atoms with van der Waals surface area (Å²) in [7, 11) is 0. The van der Waals surface area contributed by atoms with E-state index in [1.165, 1.54) is 0 Å². The molecule has 0 aliphatic heterocycles. The van der Waals surface area contributed by atoms with Gasteiger partial charge in [-0.2, -0.15) is 0 Å². The van der Waals surface area contributed by atoms with Crippen LogP contribution >= 0.6 is 0 Å². The van der Waals surface area contributed by atoms with Crippen LogP contribution < -0.4 is 21.3 Å². The molecular formula is C28H52N4O10. The smallest absolute Gasteiger partial charge is 0.326 e. The molecule has 0 spiro atoms. The maximum Gasteiger partial charge on any atom is 0.326 e. The molecule has 0 aromatic carbocycles. The third-order valence-corrected chi connectivity index (χ3v) is 5.75. The van der Waals surface area contributed by atoms with Crippen LogP contribution in [0, 0.1) is 0 Å². The summed E-state index contributed by atoms with van der Waals surface area (Å²) in [5, 5.41) is 19.8. The van der Waals surface area contributed by atoms with Crippen molar-refractivity contribution in [1.29, 1.82) is 0 Å². The summed E-state index contributed by atoms with van der Waals surface area (Å²) in [4.78, 5) is 58.4. The van der Waals surface area contributed by atoms with Crippen LogP contribution in [0.15, 0.2) is 0 Å². The molecule has 0 aliphatic carbocycles. The summed E-state index contributed by atoms with van der Waals surface area (Å²) < 4.78 is 21.1. The summed E-state index contributed by atoms with van der Waals surface area (Å²) >= 11 is 0. The number of carboxylic acids is 1. The molecule has 4 amide bonds. The van der Waals surface area contributed by atoms with Gasteiger partial charge in [0, 0.05) is 32.5 Å². The molecule has 1 unspecified atom stereocenters. The molecule has 0 fully saturated rings. The predicted octanol–water partition coefficient (Wildman–Crippen LogP) is 0.522. The molecule has 5 N–H and O–H groups in total. The van der Waals surface area contributed by atoms with E-state index in [4.69, 9.17) is 18.9 Å². The van der Waals surface area contributed by atoms with Crippen molar-refractivity contribution in [3.8, 4) is 0 Å². The molecule has 0 saturated heterocycles. The van der Waals surface area contributed by atoms with Crippen LogP contribution in [-0.4, -0.2) is 113 Å². The topological polar surface area (TPSA) is 191 Å². The van der Waals surface area contributed by atoms with Gasteiger partial charge in [0.2, 0.25) is 23.6 Å². The number of rotatable bonds is 29. The quantitative estimate of drug-likeness (QED) is 0.0753. The van der Waals surface area contributed by atoms with E-state index in [0.717, 1.165) is 32.1 Å². The molecule has 0 saturated carbocycles. The van der Waals surface area contributed by atoms with Gasteiger partial charge in [-0.3, -0.25) is 19.2 Å². The van der Waals surface area contributed by atoms with E-state index >= 15 is 0 Å². The summed E-state index contributed by atoms with van der Waals surface area (Å²) in [6.45, 7) is 6.74. The zero-order chi connectivity index (χ0) is 31.3. The highest BCUT2D eigenvalue weighted by Crippen LogP contribution is 2.02. The first-order chi connectivity index (χ1) is 20.3. The van der Waals surface area contributed by atoms with Crippen molar-refractivity contribution in [2.24, 2.45) is 0 Å². The van der Waals surface area contributed by atoms with Crippen LogP contribution in [-0.2, 0) is 42.9 Å². The lowest BCUT2D eigenvalue weighted by atomic mass is 10.1. The Morgan fingerprint density at radius 3 is 1.62 bits per heavy atom. The molecule has 14 heteroatoms. The fourth-order valence-corrected chi connectivity index (χ4v) is 3.42. The van der Waals surface area contributed by atoms with Gasteiger partial charge in [0.15, 0.2) is 0 Å². The van der Waals surface area contributed by atoms with Crippen molar-refractivity contribution in [3.05, 3.63) is 0 Å². The monoisotopic (exact) mass is 604 g/mol. The van der Waals surface area contributed by atoms with E-state index < -0.39 is 12.0 Å². The lowest BCUT2D eigenvalue weighted by Crippen LogP contribution is -2.41. The Morgan fingerprint density at radius 2 is 1.07 bits per heavy atom. The first kappa shape index (κ1) is 39.2. The molecule has 0 aromatic heterocycles. The van der Waals surface area contributed by atoms with E-state index in [2.05, 4.69) is 28.2 Å².